The van der Waals surface area contributed by atoms with Crippen molar-refractivity contribution in [3.8, 4) is 0 Å². The summed E-state index contributed by atoms with van der Waals surface area (Å²) in [7, 11) is 0. The van der Waals surface area contributed by atoms with Crippen molar-refractivity contribution in [1.29, 1.82) is 0 Å². The van der Waals surface area contributed by atoms with Crippen molar-refractivity contribution < 1.29 is 9.84 Å². The SMILES string of the molecule is CC1CCCC(O)(CN2CC3(CCOCC3)C2)C1. The molecule has 0 aromatic heterocycles. The molecular formula is C15H27NO2. The number of aliphatic hydroxyl groups is 1. The monoisotopic (exact) mass is 253 g/mol. The van der Waals surface area contributed by atoms with Crippen molar-refractivity contribution in [2.75, 3.05) is 32.8 Å². The van der Waals surface area contributed by atoms with Crippen LogP contribution in [0.3, 0.4) is 0 Å². The van der Waals surface area contributed by atoms with E-state index >= 15 is 0 Å². The summed E-state index contributed by atoms with van der Waals surface area (Å²) in [4.78, 5) is 2.48. The van der Waals surface area contributed by atoms with Crippen LogP contribution >= 0.6 is 0 Å². The largest absolute Gasteiger partial charge is 0.389 e. The van der Waals surface area contributed by atoms with Crippen LogP contribution in [0.4, 0.5) is 0 Å². The molecule has 1 aliphatic carbocycles. The van der Waals surface area contributed by atoms with E-state index in [-0.39, 0.29) is 0 Å². The molecule has 3 nitrogen and oxygen atoms in total. The average molecular weight is 253 g/mol. The summed E-state index contributed by atoms with van der Waals surface area (Å²) in [5.41, 5.74) is 0.138. The van der Waals surface area contributed by atoms with Crippen LogP contribution in [0.25, 0.3) is 0 Å². The normalized spacial score (nSPS) is 40.7. The van der Waals surface area contributed by atoms with Gasteiger partial charge in [-0.05, 0) is 31.6 Å². The molecule has 3 aliphatic rings. The van der Waals surface area contributed by atoms with Crippen molar-refractivity contribution in [1.82, 2.24) is 4.90 Å². The fourth-order valence-electron chi connectivity index (χ4n) is 4.33. The Bertz CT molecular complexity index is 293. The van der Waals surface area contributed by atoms with Crippen LogP contribution in [-0.2, 0) is 4.74 Å². The molecule has 2 heterocycles. The van der Waals surface area contributed by atoms with E-state index in [1.54, 1.807) is 0 Å². The minimum absolute atomic E-state index is 0.398. The van der Waals surface area contributed by atoms with Crippen molar-refractivity contribution in [2.45, 2.75) is 51.0 Å². The topological polar surface area (TPSA) is 32.7 Å². The molecule has 2 unspecified atom stereocenters. The van der Waals surface area contributed by atoms with E-state index in [0.29, 0.717) is 11.3 Å². The molecule has 0 aromatic carbocycles. The maximum atomic E-state index is 10.7. The number of β-amino-alcohol motifs (C(OH)–C–C–N with tert-alkyl or cyclic N) is 1. The molecule has 1 saturated carbocycles. The van der Waals surface area contributed by atoms with E-state index in [1.807, 2.05) is 0 Å². The van der Waals surface area contributed by atoms with E-state index < -0.39 is 5.60 Å². The predicted molar refractivity (Wildman–Crippen MR) is 71.5 cm³/mol. The Hall–Kier alpha value is -0.120. The van der Waals surface area contributed by atoms with Crippen LogP contribution in [0, 0.1) is 11.3 Å². The van der Waals surface area contributed by atoms with Crippen molar-refractivity contribution in [2.24, 2.45) is 11.3 Å². The number of likely N-dealkylation sites (tertiary alicyclic amines) is 1. The van der Waals surface area contributed by atoms with Crippen LogP contribution in [0.15, 0.2) is 0 Å². The first-order chi connectivity index (χ1) is 8.59. The second kappa shape index (κ2) is 4.77. The van der Waals surface area contributed by atoms with Crippen molar-refractivity contribution in [3.63, 3.8) is 0 Å². The third-order valence-electron chi connectivity index (χ3n) is 5.26. The Morgan fingerprint density at radius 1 is 1.22 bits per heavy atom. The molecule has 1 spiro atoms. The van der Waals surface area contributed by atoms with Gasteiger partial charge in [0.2, 0.25) is 0 Å². The summed E-state index contributed by atoms with van der Waals surface area (Å²) in [6.45, 7) is 7.44. The standard InChI is InChI=1S/C15H27NO2/c1-13-3-2-4-15(17,9-13)12-16-10-14(11-16)5-7-18-8-6-14/h13,17H,2-12H2,1H3. The van der Waals surface area contributed by atoms with Gasteiger partial charge in [0.1, 0.15) is 0 Å². The quantitative estimate of drug-likeness (QED) is 0.817. The van der Waals surface area contributed by atoms with Crippen LogP contribution < -0.4 is 0 Å². The fraction of sp³-hybridized carbons (Fsp3) is 1.00. The van der Waals surface area contributed by atoms with Crippen LogP contribution in [-0.4, -0.2) is 48.5 Å². The van der Waals surface area contributed by atoms with Gasteiger partial charge in [-0.1, -0.05) is 19.8 Å². The number of hydrogen-bond donors (Lipinski definition) is 1. The minimum Gasteiger partial charge on any atom is -0.389 e. The second-order valence-electron chi connectivity index (χ2n) is 7.18. The van der Waals surface area contributed by atoms with Crippen LogP contribution in [0.5, 0.6) is 0 Å². The fourth-order valence-corrected chi connectivity index (χ4v) is 4.33. The summed E-state index contributed by atoms with van der Waals surface area (Å²) < 4.78 is 5.45. The first kappa shape index (κ1) is 12.9. The molecule has 3 fully saturated rings. The van der Waals surface area contributed by atoms with Gasteiger partial charge in [0.15, 0.2) is 0 Å². The van der Waals surface area contributed by atoms with E-state index in [4.69, 9.17) is 4.74 Å². The highest BCUT2D eigenvalue weighted by molar-refractivity contribution is 4.99. The van der Waals surface area contributed by atoms with Gasteiger partial charge in [-0.2, -0.15) is 0 Å². The average Bonchev–Trinajstić information content (AvgIpc) is 2.27. The number of nitrogens with zero attached hydrogens (tertiary/aromatic N) is 1. The molecule has 1 N–H and O–H groups in total. The molecule has 0 amide bonds. The Balaban J connectivity index is 1.50. The van der Waals surface area contributed by atoms with Gasteiger partial charge < -0.3 is 9.84 Å². The molecule has 3 rings (SSSR count). The van der Waals surface area contributed by atoms with Crippen LogP contribution in [0.1, 0.15) is 45.4 Å². The lowest BCUT2D eigenvalue weighted by molar-refractivity contribution is -0.120. The third kappa shape index (κ3) is 2.59. The van der Waals surface area contributed by atoms with Crippen molar-refractivity contribution in [3.05, 3.63) is 0 Å². The number of hydrogen-bond acceptors (Lipinski definition) is 3. The summed E-state index contributed by atoms with van der Waals surface area (Å²) >= 11 is 0. The molecular weight excluding hydrogens is 226 g/mol. The van der Waals surface area contributed by atoms with E-state index in [0.717, 1.165) is 32.6 Å². The molecule has 0 radical (unpaired) electrons. The van der Waals surface area contributed by atoms with E-state index in [9.17, 15) is 5.11 Å². The lowest BCUT2D eigenvalue weighted by Crippen LogP contribution is -2.62. The highest BCUT2D eigenvalue weighted by Gasteiger charge is 2.46. The number of rotatable bonds is 2. The smallest absolute Gasteiger partial charge is 0.0776 e. The zero-order valence-corrected chi connectivity index (χ0v) is 11.7. The zero-order valence-electron chi connectivity index (χ0n) is 11.7. The summed E-state index contributed by atoms with van der Waals surface area (Å²) in [6.07, 6.45) is 6.94. The van der Waals surface area contributed by atoms with Crippen molar-refractivity contribution >= 4 is 0 Å². The maximum Gasteiger partial charge on any atom is 0.0776 e. The Morgan fingerprint density at radius 3 is 2.61 bits per heavy atom. The summed E-state index contributed by atoms with van der Waals surface area (Å²) in [6, 6.07) is 0. The maximum absolute atomic E-state index is 10.7. The second-order valence-corrected chi connectivity index (χ2v) is 7.18. The van der Waals surface area contributed by atoms with Gasteiger partial charge in [-0.15, -0.1) is 0 Å². The van der Waals surface area contributed by atoms with E-state index in [1.165, 1.54) is 38.8 Å². The Morgan fingerprint density at radius 2 is 1.94 bits per heavy atom. The third-order valence-corrected chi connectivity index (χ3v) is 5.26. The molecule has 2 aliphatic heterocycles. The lowest BCUT2D eigenvalue weighted by Gasteiger charge is -2.54. The summed E-state index contributed by atoms with van der Waals surface area (Å²) in [5.74, 6) is 0.696. The first-order valence-corrected chi connectivity index (χ1v) is 7.62. The zero-order chi connectivity index (χ0) is 12.6. The van der Waals surface area contributed by atoms with Gasteiger partial charge in [0, 0.05) is 38.3 Å². The predicted octanol–water partition coefficient (Wildman–Crippen LogP) is 2.04. The van der Waals surface area contributed by atoms with Crippen LogP contribution in [0.2, 0.25) is 0 Å². The minimum atomic E-state index is -0.398. The highest BCUT2D eigenvalue weighted by atomic mass is 16.5. The molecule has 2 saturated heterocycles. The van der Waals surface area contributed by atoms with E-state index in [2.05, 4.69) is 11.8 Å². The molecule has 0 bridgehead atoms. The highest BCUT2D eigenvalue weighted by Crippen LogP contribution is 2.42. The molecule has 0 aromatic rings. The van der Waals surface area contributed by atoms with Gasteiger partial charge >= 0.3 is 0 Å². The van der Waals surface area contributed by atoms with Gasteiger partial charge in [0.25, 0.3) is 0 Å². The lowest BCUT2D eigenvalue weighted by atomic mass is 9.71. The molecule has 3 heteroatoms. The number of ether oxygens (including phenoxy) is 1. The molecule has 18 heavy (non-hydrogen) atoms. The molecule has 104 valence electrons. The molecule has 2 atom stereocenters. The Labute approximate surface area is 110 Å². The first-order valence-electron chi connectivity index (χ1n) is 7.62. The van der Waals surface area contributed by atoms with Gasteiger partial charge in [-0.25, -0.2) is 0 Å². The van der Waals surface area contributed by atoms with Gasteiger partial charge in [0.05, 0.1) is 5.60 Å². The van der Waals surface area contributed by atoms with Gasteiger partial charge in [-0.3, -0.25) is 4.90 Å². The summed E-state index contributed by atoms with van der Waals surface area (Å²) in [5, 5.41) is 10.7. The Kier molecular flexibility index (Phi) is 3.41.